The van der Waals surface area contributed by atoms with Crippen molar-refractivity contribution in [3.8, 4) is 17.0 Å². The summed E-state index contributed by atoms with van der Waals surface area (Å²) in [5, 5.41) is 3.74. The average Bonchev–Trinajstić information content (AvgIpc) is 3.11. The molecule has 0 spiro atoms. The van der Waals surface area contributed by atoms with Gasteiger partial charge >= 0.3 is 0 Å². The van der Waals surface area contributed by atoms with Crippen molar-refractivity contribution >= 4 is 22.5 Å². The molecule has 1 amide bonds. The van der Waals surface area contributed by atoms with Gasteiger partial charge in [-0.1, -0.05) is 24.3 Å². The van der Waals surface area contributed by atoms with E-state index in [0.717, 1.165) is 33.5 Å². The second-order valence-corrected chi connectivity index (χ2v) is 6.57. The molecule has 28 heavy (non-hydrogen) atoms. The molecule has 0 saturated heterocycles. The molecule has 0 aliphatic carbocycles. The van der Waals surface area contributed by atoms with E-state index in [2.05, 4.69) is 10.3 Å². The van der Waals surface area contributed by atoms with E-state index in [-0.39, 0.29) is 18.1 Å². The molecule has 0 unspecified atom stereocenters. The lowest BCUT2D eigenvalue weighted by atomic mass is 10.1. The predicted molar refractivity (Wildman–Crippen MR) is 109 cm³/mol. The number of anilines is 1. The van der Waals surface area contributed by atoms with Crippen molar-refractivity contribution in [1.82, 2.24) is 4.98 Å². The van der Waals surface area contributed by atoms with Gasteiger partial charge in [0.05, 0.1) is 13.5 Å². The van der Waals surface area contributed by atoms with Crippen LogP contribution in [-0.2, 0) is 11.2 Å². The molecule has 0 atom stereocenters. The van der Waals surface area contributed by atoms with Crippen LogP contribution < -0.4 is 10.1 Å². The minimum atomic E-state index is -0.267. The highest BCUT2D eigenvalue weighted by atomic mass is 19.1. The largest absolute Gasteiger partial charge is 0.497 e. The van der Waals surface area contributed by atoms with Crippen molar-refractivity contribution in [2.24, 2.45) is 0 Å². The molecule has 5 heteroatoms. The monoisotopic (exact) mass is 374 g/mol. The van der Waals surface area contributed by atoms with Gasteiger partial charge in [-0.2, -0.15) is 0 Å². The molecule has 0 fully saturated rings. The van der Waals surface area contributed by atoms with Crippen molar-refractivity contribution in [3.05, 3.63) is 84.2 Å². The maximum atomic E-state index is 13.4. The minimum absolute atomic E-state index is 0.107. The quantitative estimate of drug-likeness (QED) is 0.507. The van der Waals surface area contributed by atoms with Crippen molar-refractivity contribution in [3.63, 3.8) is 0 Å². The molecule has 0 aliphatic heterocycles. The molecule has 1 heterocycles. The Morgan fingerprint density at radius 2 is 1.89 bits per heavy atom. The van der Waals surface area contributed by atoms with Crippen molar-refractivity contribution < 1.29 is 13.9 Å². The highest BCUT2D eigenvalue weighted by Gasteiger charge is 2.08. The number of fused-ring (bicyclic) bond motifs is 1. The summed E-state index contributed by atoms with van der Waals surface area (Å²) in [6, 6.07) is 21.5. The van der Waals surface area contributed by atoms with Gasteiger partial charge in [-0.3, -0.25) is 4.79 Å². The SMILES string of the molecule is COc1cccc(CC(=O)Nc2cccc(-c3cc4cc(F)ccc4[nH]3)c2)c1. The second-order valence-electron chi connectivity index (χ2n) is 6.57. The summed E-state index contributed by atoms with van der Waals surface area (Å²) in [6.07, 6.45) is 0.257. The Morgan fingerprint density at radius 1 is 1.04 bits per heavy atom. The van der Waals surface area contributed by atoms with Gasteiger partial charge in [0.2, 0.25) is 5.91 Å². The number of benzene rings is 3. The average molecular weight is 374 g/mol. The molecule has 0 radical (unpaired) electrons. The van der Waals surface area contributed by atoms with Gasteiger partial charge in [0, 0.05) is 27.8 Å². The number of halogens is 1. The van der Waals surface area contributed by atoms with Gasteiger partial charge in [-0.15, -0.1) is 0 Å². The van der Waals surface area contributed by atoms with Gasteiger partial charge in [0.1, 0.15) is 11.6 Å². The predicted octanol–water partition coefficient (Wildman–Crippen LogP) is 5.16. The number of methoxy groups -OCH3 is 1. The number of aromatic amines is 1. The molecule has 4 aromatic rings. The fraction of sp³-hybridized carbons (Fsp3) is 0.0870. The van der Waals surface area contributed by atoms with Gasteiger partial charge in [0.15, 0.2) is 0 Å². The van der Waals surface area contributed by atoms with Crippen LogP contribution in [0.4, 0.5) is 10.1 Å². The Balaban J connectivity index is 1.52. The van der Waals surface area contributed by atoms with Gasteiger partial charge < -0.3 is 15.0 Å². The highest BCUT2D eigenvalue weighted by Crippen LogP contribution is 2.26. The van der Waals surface area contributed by atoms with E-state index < -0.39 is 0 Å². The topological polar surface area (TPSA) is 54.1 Å². The van der Waals surface area contributed by atoms with Crippen LogP contribution in [0.1, 0.15) is 5.56 Å². The summed E-state index contributed by atoms with van der Waals surface area (Å²) in [5.74, 6) is 0.350. The van der Waals surface area contributed by atoms with E-state index in [1.54, 1.807) is 13.2 Å². The van der Waals surface area contributed by atoms with E-state index in [1.807, 2.05) is 54.6 Å². The Kier molecular flexibility index (Phi) is 4.81. The lowest BCUT2D eigenvalue weighted by Crippen LogP contribution is -2.14. The van der Waals surface area contributed by atoms with Crippen molar-refractivity contribution in [2.75, 3.05) is 12.4 Å². The molecule has 3 aromatic carbocycles. The molecule has 0 aliphatic rings. The van der Waals surface area contributed by atoms with Crippen molar-refractivity contribution in [2.45, 2.75) is 6.42 Å². The molecule has 0 bridgehead atoms. The molecule has 140 valence electrons. The lowest BCUT2D eigenvalue weighted by Gasteiger charge is -2.08. The summed E-state index contributed by atoms with van der Waals surface area (Å²) in [5.41, 5.74) is 4.23. The fourth-order valence-electron chi connectivity index (χ4n) is 3.20. The van der Waals surface area contributed by atoms with Crippen LogP contribution in [0.3, 0.4) is 0 Å². The lowest BCUT2D eigenvalue weighted by molar-refractivity contribution is -0.115. The number of amides is 1. The second kappa shape index (κ2) is 7.56. The third kappa shape index (κ3) is 3.88. The van der Waals surface area contributed by atoms with E-state index in [1.165, 1.54) is 12.1 Å². The molecule has 2 N–H and O–H groups in total. The fourth-order valence-corrected chi connectivity index (χ4v) is 3.20. The first kappa shape index (κ1) is 17.8. The van der Waals surface area contributed by atoms with Gasteiger partial charge in [0.25, 0.3) is 0 Å². The third-order valence-corrected chi connectivity index (χ3v) is 4.54. The highest BCUT2D eigenvalue weighted by molar-refractivity contribution is 5.93. The zero-order valence-corrected chi connectivity index (χ0v) is 15.3. The van der Waals surface area contributed by atoms with E-state index >= 15 is 0 Å². The van der Waals surface area contributed by atoms with E-state index in [0.29, 0.717) is 5.69 Å². The summed E-state index contributed by atoms with van der Waals surface area (Å²) in [4.78, 5) is 15.7. The number of nitrogens with one attached hydrogen (secondary N) is 2. The Morgan fingerprint density at radius 3 is 2.75 bits per heavy atom. The Labute approximate surface area is 162 Å². The number of rotatable bonds is 5. The zero-order valence-electron chi connectivity index (χ0n) is 15.3. The molecule has 4 nitrogen and oxygen atoms in total. The van der Waals surface area contributed by atoms with E-state index in [9.17, 15) is 9.18 Å². The van der Waals surface area contributed by atoms with Crippen molar-refractivity contribution in [1.29, 1.82) is 0 Å². The zero-order chi connectivity index (χ0) is 19.5. The number of carbonyl (C=O) groups excluding carboxylic acids is 1. The maximum Gasteiger partial charge on any atom is 0.228 e. The number of ether oxygens (including phenoxy) is 1. The standard InChI is InChI=1S/C23H19FN2O2/c1-28-20-7-2-4-15(10-20)11-23(27)25-19-6-3-5-16(13-19)22-14-17-12-18(24)8-9-21(17)26-22/h2-10,12-14,26H,11H2,1H3,(H,25,27). The van der Waals surface area contributed by atoms with Crippen LogP contribution in [-0.4, -0.2) is 18.0 Å². The number of carbonyl (C=O) groups is 1. The van der Waals surface area contributed by atoms with Crippen LogP contribution in [0.2, 0.25) is 0 Å². The van der Waals surface area contributed by atoms with Crippen LogP contribution >= 0.6 is 0 Å². The Hall–Kier alpha value is -3.60. The normalized spacial score (nSPS) is 10.8. The van der Waals surface area contributed by atoms with Crippen LogP contribution in [0.5, 0.6) is 5.75 Å². The summed E-state index contributed by atoms with van der Waals surface area (Å²) < 4.78 is 18.6. The first-order valence-corrected chi connectivity index (χ1v) is 8.92. The third-order valence-electron chi connectivity index (χ3n) is 4.54. The van der Waals surface area contributed by atoms with Gasteiger partial charge in [-0.05, 0) is 54.1 Å². The smallest absolute Gasteiger partial charge is 0.228 e. The molecular formula is C23H19FN2O2. The molecule has 0 saturated carbocycles. The Bertz CT molecular complexity index is 1150. The maximum absolute atomic E-state index is 13.4. The minimum Gasteiger partial charge on any atom is -0.497 e. The van der Waals surface area contributed by atoms with Gasteiger partial charge in [-0.25, -0.2) is 4.39 Å². The first-order chi connectivity index (χ1) is 13.6. The van der Waals surface area contributed by atoms with Crippen LogP contribution in [0.25, 0.3) is 22.2 Å². The van der Waals surface area contributed by atoms with Crippen LogP contribution in [0, 0.1) is 5.82 Å². The number of hydrogen-bond acceptors (Lipinski definition) is 2. The summed E-state index contributed by atoms with van der Waals surface area (Å²) >= 11 is 0. The molecule has 1 aromatic heterocycles. The molecule has 4 rings (SSSR count). The summed E-state index contributed by atoms with van der Waals surface area (Å²) in [7, 11) is 1.60. The van der Waals surface area contributed by atoms with Crippen LogP contribution in [0.15, 0.2) is 72.8 Å². The first-order valence-electron chi connectivity index (χ1n) is 8.92. The summed E-state index contributed by atoms with van der Waals surface area (Å²) in [6.45, 7) is 0. The molecular weight excluding hydrogens is 355 g/mol. The number of aromatic nitrogens is 1. The van der Waals surface area contributed by atoms with E-state index in [4.69, 9.17) is 4.74 Å². The number of hydrogen-bond donors (Lipinski definition) is 2. The number of H-pyrrole nitrogens is 1.